The van der Waals surface area contributed by atoms with Crippen LogP contribution in [-0.2, 0) is 0 Å². The maximum absolute atomic E-state index is 5.75. The topological polar surface area (TPSA) is 46.8 Å². The number of pyridine rings is 1. The SMILES string of the molecule is Clc1ncn(C2=CC=CCN2c2cccnc2)n1. The zero-order valence-corrected chi connectivity index (χ0v) is 10.2. The number of aromatic nitrogens is 4. The summed E-state index contributed by atoms with van der Waals surface area (Å²) in [4.78, 5) is 10.1. The predicted molar refractivity (Wildman–Crippen MR) is 70.0 cm³/mol. The number of halogens is 1. The van der Waals surface area contributed by atoms with Crippen molar-refractivity contribution in [2.75, 3.05) is 11.4 Å². The van der Waals surface area contributed by atoms with Crippen LogP contribution in [0.3, 0.4) is 0 Å². The van der Waals surface area contributed by atoms with Crippen molar-refractivity contribution in [1.29, 1.82) is 0 Å². The lowest BCUT2D eigenvalue weighted by Gasteiger charge is -2.27. The van der Waals surface area contributed by atoms with Crippen LogP contribution in [0.15, 0.2) is 49.1 Å². The molecule has 18 heavy (non-hydrogen) atoms. The van der Waals surface area contributed by atoms with Crippen LogP contribution in [-0.4, -0.2) is 26.3 Å². The molecule has 0 unspecified atom stereocenters. The lowest BCUT2D eigenvalue weighted by molar-refractivity contribution is 0.845. The highest BCUT2D eigenvalue weighted by molar-refractivity contribution is 6.28. The first-order valence-electron chi connectivity index (χ1n) is 5.46. The maximum atomic E-state index is 5.75. The minimum Gasteiger partial charge on any atom is -0.321 e. The average Bonchev–Trinajstić information content (AvgIpc) is 2.86. The molecule has 2 aromatic rings. The molecule has 90 valence electrons. The highest BCUT2D eigenvalue weighted by Gasteiger charge is 2.15. The van der Waals surface area contributed by atoms with Gasteiger partial charge in [-0.05, 0) is 29.8 Å². The van der Waals surface area contributed by atoms with E-state index >= 15 is 0 Å². The molecule has 2 aromatic heterocycles. The zero-order chi connectivity index (χ0) is 12.4. The van der Waals surface area contributed by atoms with Gasteiger partial charge in [0.2, 0.25) is 5.28 Å². The molecule has 0 bridgehead atoms. The molecule has 1 aliphatic heterocycles. The zero-order valence-electron chi connectivity index (χ0n) is 9.44. The van der Waals surface area contributed by atoms with Crippen LogP contribution in [0.25, 0.3) is 5.82 Å². The molecule has 0 saturated carbocycles. The first-order valence-corrected chi connectivity index (χ1v) is 5.84. The van der Waals surface area contributed by atoms with Gasteiger partial charge in [-0.15, -0.1) is 5.10 Å². The molecule has 0 aromatic carbocycles. The van der Waals surface area contributed by atoms with Crippen LogP contribution in [0.2, 0.25) is 5.28 Å². The van der Waals surface area contributed by atoms with E-state index in [0.29, 0.717) is 0 Å². The third-order valence-corrected chi connectivity index (χ3v) is 2.78. The smallest absolute Gasteiger partial charge is 0.242 e. The monoisotopic (exact) mass is 259 g/mol. The Kier molecular flexibility index (Phi) is 2.82. The molecule has 0 saturated heterocycles. The summed E-state index contributed by atoms with van der Waals surface area (Å²) in [6.45, 7) is 0.759. The summed E-state index contributed by atoms with van der Waals surface area (Å²) in [5, 5.41) is 4.35. The molecule has 0 amide bonds. The van der Waals surface area contributed by atoms with Crippen LogP contribution >= 0.6 is 11.6 Å². The van der Waals surface area contributed by atoms with E-state index in [-0.39, 0.29) is 5.28 Å². The fourth-order valence-electron chi connectivity index (χ4n) is 1.81. The van der Waals surface area contributed by atoms with Crippen LogP contribution < -0.4 is 4.90 Å². The Labute approximate surface area is 109 Å². The molecular formula is C12H10ClN5. The van der Waals surface area contributed by atoms with Gasteiger partial charge >= 0.3 is 0 Å². The molecule has 5 nitrogen and oxygen atoms in total. The molecule has 0 spiro atoms. The predicted octanol–water partition coefficient (Wildman–Crippen LogP) is 2.20. The van der Waals surface area contributed by atoms with E-state index in [4.69, 9.17) is 11.6 Å². The molecule has 1 aliphatic rings. The van der Waals surface area contributed by atoms with Crippen LogP contribution in [0, 0.1) is 0 Å². The summed E-state index contributed by atoms with van der Waals surface area (Å²) in [7, 11) is 0. The van der Waals surface area contributed by atoms with Gasteiger partial charge < -0.3 is 4.90 Å². The largest absolute Gasteiger partial charge is 0.321 e. The van der Waals surface area contributed by atoms with E-state index in [1.165, 1.54) is 0 Å². The Morgan fingerprint density at radius 1 is 1.33 bits per heavy atom. The molecular weight excluding hydrogens is 250 g/mol. The van der Waals surface area contributed by atoms with Crippen molar-refractivity contribution in [2.45, 2.75) is 0 Å². The number of allylic oxidation sites excluding steroid dienone is 2. The summed E-state index contributed by atoms with van der Waals surface area (Å²) in [5.41, 5.74) is 1.000. The minimum absolute atomic E-state index is 0.233. The van der Waals surface area contributed by atoms with Gasteiger partial charge in [0.05, 0.1) is 11.9 Å². The fourth-order valence-corrected chi connectivity index (χ4v) is 1.93. The fraction of sp³-hybridized carbons (Fsp3) is 0.0833. The summed E-state index contributed by atoms with van der Waals surface area (Å²) < 4.78 is 1.65. The number of nitrogens with zero attached hydrogens (tertiary/aromatic N) is 5. The van der Waals surface area contributed by atoms with Crippen LogP contribution in [0.1, 0.15) is 0 Å². The first-order chi connectivity index (χ1) is 8.84. The average molecular weight is 260 g/mol. The van der Waals surface area contributed by atoms with Gasteiger partial charge in [0, 0.05) is 12.7 Å². The lowest BCUT2D eigenvalue weighted by Crippen LogP contribution is -2.27. The number of rotatable bonds is 2. The molecule has 0 fully saturated rings. The van der Waals surface area contributed by atoms with Crippen molar-refractivity contribution in [3.63, 3.8) is 0 Å². The standard InChI is InChI=1S/C12H10ClN5/c13-12-15-9-18(16-12)11-5-1-2-7-17(11)10-4-3-6-14-8-10/h1-6,8-9H,7H2. The van der Waals surface area contributed by atoms with E-state index in [1.807, 2.05) is 30.5 Å². The van der Waals surface area contributed by atoms with Gasteiger partial charge in [0.25, 0.3) is 0 Å². The minimum atomic E-state index is 0.233. The normalized spacial score (nSPS) is 14.7. The van der Waals surface area contributed by atoms with Crippen molar-refractivity contribution >= 4 is 23.1 Å². The molecule has 0 aliphatic carbocycles. The van der Waals surface area contributed by atoms with Gasteiger partial charge in [-0.25, -0.2) is 9.67 Å². The molecule has 3 rings (SSSR count). The third kappa shape index (κ3) is 2.00. The van der Waals surface area contributed by atoms with Crippen LogP contribution in [0.5, 0.6) is 0 Å². The van der Waals surface area contributed by atoms with E-state index in [9.17, 15) is 0 Å². The van der Waals surface area contributed by atoms with Crippen molar-refractivity contribution in [3.8, 4) is 0 Å². The Hall–Kier alpha value is -2.14. The van der Waals surface area contributed by atoms with E-state index in [1.54, 1.807) is 17.2 Å². The Bertz CT molecular complexity index is 602. The number of anilines is 1. The van der Waals surface area contributed by atoms with Gasteiger partial charge in [-0.2, -0.15) is 0 Å². The summed E-state index contributed by atoms with van der Waals surface area (Å²) in [5.74, 6) is 0.893. The second-order valence-electron chi connectivity index (χ2n) is 3.73. The lowest BCUT2D eigenvalue weighted by atomic mass is 10.3. The second kappa shape index (κ2) is 4.62. The molecule has 0 radical (unpaired) electrons. The Balaban J connectivity index is 2.00. The highest BCUT2D eigenvalue weighted by atomic mass is 35.5. The van der Waals surface area contributed by atoms with Crippen LogP contribution in [0.4, 0.5) is 5.69 Å². The second-order valence-corrected chi connectivity index (χ2v) is 4.07. The quantitative estimate of drug-likeness (QED) is 0.830. The van der Waals surface area contributed by atoms with Crippen molar-refractivity contribution in [1.82, 2.24) is 19.7 Å². The maximum Gasteiger partial charge on any atom is 0.242 e. The van der Waals surface area contributed by atoms with Crippen molar-refractivity contribution in [3.05, 3.63) is 54.4 Å². The first kappa shape index (κ1) is 11.0. The van der Waals surface area contributed by atoms with E-state index < -0.39 is 0 Å². The number of hydrogen-bond donors (Lipinski definition) is 0. The molecule has 6 heteroatoms. The molecule has 0 N–H and O–H groups in total. The number of hydrogen-bond acceptors (Lipinski definition) is 4. The molecule has 3 heterocycles. The van der Waals surface area contributed by atoms with E-state index in [2.05, 4.69) is 26.0 Å². The third-order valence-electron chi connectivity index (χ3n) is 2.60. The highest BCUT2D eigenvalue weighted by Crippen LogP contribution is 2.23. The Morgan fingerprint density at radius 2 is 2.28 bits per heavy atom. The summed E-state index contributed by atoms with van der Waals surface area (Å²) >= 11 is 5.75. The van der Waals surface area contributed by atoms with Gasteiger partial charge in [-0.3, -0.25) is 4.98 Å². The van der Waals surface area contributed by atoms with Crippen molar-refractivity contribution in [2.24, 2.45) is 0 Å². The van der Waals surface area contributed by atoms with Gasteiger partial charge in [-0.1, -0.05) is 12.2 Å². The summed E-state index contributed by atoms with van der Waals surface area (Å²) in [6, 6.07) is 3.90. The van der Waals surface area contributed by atoms with Gasteiger partial charge in [0.1, 0.15) is 12.1 Å². The molecule has 0 atom stereocenters. The van der Waals surface area contributed by atoms with E-state index in [0.717, 1.165) is 18.1 Å². The van der Waals surface area contributed by atoms with Crippen molar-refractivity contribution < 1.29 is 0 Å². The summed E-state index contributed by atoms with van der Waals surface area (Å²) in [6.07, 6.45) is 11.2. The van der Waals surface area contributed by atoms with Gasteiger partial charge in [0.15, 0.2) is 0 Å². The Morgan fingerprint density at radius 3 is 3.00 bits per heavy atom.